The van der Waals surface area contributed by atoms with Crippen LogP contribution >= 0.6 is 0 Å². The fourth-order valence-corrected chi connectivity index (χ4v) is 2.87. The van der Waals surface area contributed by atoms with Crippen LogP contribution in [0.25, 0.3) is 21.8 Å². The van der Waals surface area contributed by atoms with Crippen LogP contribution in [0, 0.1) is 0 Å². The molecule has 3 aromatic rings. The zero-order chi connectivity index (χ0) is 13.4. The van der Waals surface area contributed by atoms with Crippen LogP contribution in [0.2, 0.25) is 0 Å². The lowest BCUT2D eigenvalue weighted by Gasteiger charge is -2.12. The third-order valence-electron chi connectivity index (χ3n) is 4.08. The summed E-state index contributed by atoms with van der Waals surface area (Å²) in [5.41, 5.74) is 9.66. The van der Waals surface area contributed by atoms with Gasteiger partial charge in [-0.05, 0) is 42.6 Å². The highest BCUT2D eigenvalue weighted by molar-refractivity contribution is 6.07. The number of fused-ring (bicyclic) bond motifs is 3. The normalized spacial score (nSPS) is 13.2. The zero-order valence-corrected chi connectivity index (χ0v) is 11.4. The molecule has 2 N–H and O–H groups in total. The highest BCUT2D eigenvalue weighted by atomic mass is 14.9. The van der Waals surface area contributed by atoms with Gasteiger partial charge in [-0.15, -0.1) is 0 Å². The summed E-state index contributed by atoms with van der Waals surface area (Å²) < 4.78 is 2.22. The van der Waals surface area contributed by atoms with E-state index in [2.05, 4.69) is 47.8 Å². The van der Waals surface area contributed by atoms with Gasteiger partial charge in [-0.25, -0.2) is 0 Å². The molecule has 1 atom stereocenters. The number of hydrogen-bond acceptors (Lipinski definition) is 2. The van der Waals surface area contributed by atoms with E-state index in [-0.39, 0.29) is 0 Å². The summed E-state index contributed by atoms with van der Waals surface area (Å²) in [6.07, 6.45) is 4.87. The van der Waals surface area contributed by atoms with Gasteiger partial charge in [0.1, 0.15) is 0 Å². The first kappa shape index (κ1) is 12.2. The molecule has 0 bridgehead atoms. The first-order chi connectivity index (χ1) is 9.26. The van der Waals surface area contributed by atoms with Gasteiger partial charge in [0.2, 0.25) is 0 Å². The predicted molar refractivity (Wildman–Crippen MR) is 80.3 cm³/mol. The highest BCUT2D eigenvalue weighted by Gasteiger charge is 2.12. The molecule has 3 rings (SSSR count). The predicted octanol–water partition coefficient (Wildman–Crippen LogP) is 3.18. The lowest BCUT2D eigenvalue weighted by Crippen LogP contribution is -2.11. The van der Waals surface area contributed by atoms with Gasteiger partial charge in [-0.2, -0.15) is 0 Å². The molecule has 19 heavy (non-hydrogen) atoms. The molecule has 0 aliphatic heterocycles. The maximum absolute atomic E-state index is 5.86. The minimum Gasteiger partial charge on any atom is -0.344 e. The molecule has 0 amide bonds. The van der Waals surface area contributed by atoms with Gasteiger partial charge >= 0.3 is 0 Å². The van der Waals surface area contributed by atoms with Crippen LogP contribution in [-0.4, -0.2) is 16.1 Å². The molecule has 3 heteroatoms. The Morgan fingerprint density at radius 3 is 2.74 bits per heavy atom. The van der Waals surface area contributed by atoms with Crippen molar-refractivity contribution in [2.45, 2.75) is 19.3 Å². The Morgan fingerprint density at radius 1 is 1.21 bits per heavy atom. The molecule has 0 aliphatic rings. The van der Waals surface area contributed by atoms with E-state index in [0.29, 0.717) is 12.5 Å². The van der Waals surface area contributed by atoms with Gasteiger partial charge < -0.3 is 10.3 Å². The molecule has 1 aromatic carbocycles. The van der Waals surface area contributed by atoms with Crippen molar-refractivity contribution >= 4 is 21.8 Å². The van der Waals surface area contributed by atoms with Gasteiger partial charge in [0.15, 0.2) is 0 Å². The smallest absolute Gasteiger partial charge is 0.0519 e. The van der Waals surface area contributed by atoms with E-state index in [1.54, 1.807) is 0 Å². The zero-order valence-electron chi connectivity index (χ0n) is 11.4. The van der Waals surface area contributed by atoms with Crippen LogP contribution in [0.3, 0.4) is 0 Å². The summed E-state index contributed by atoms with van der Waals surface area (Å²) in [5.74, 6) is 0.441. The number of aryl methyl sites for hydroxylation is 1. The Labute approximate surface area is 113 Å². The largest absolute Gasteiger partial charge is 0.344 e. The van der Waals surface area contributed by atoms with E-state index >= 15 is 0 Å². The summed E-state index contributed by atoms with van der Waals surface area (Å²) in [6.45, 7) is 2.89. The molecule has 3 nitrogen and oxygen atoms in total. The van der Waals surface area contributed by atoms with Crippen LogP contribution in [0.4, 0.5) is 0 Å². The SMILES string of the molecule is CCC(CN)c1ccc2c(c1)c1cnccc1n2C. The molecule has 0 radical (unpaired) electrons. The van der Waals surface area contributed by atoms with E-state index in [1.807, 2.05) is 12.4 Å². The Hall–Kier alpha value is -1.87. The van der Waals surface area contributed by atoms with E-state index in [0.717, 1.165) is 6.42 Å². The quantitative estimate of drug-likeness (QED) is 0.779. The highest BCUT2D eigenvalue weighted by Crippen LogP contribution is 2.30. The van der Waals surface area contributed by atoms with Gasteiger partial charge in [0.25, 0.3) is 0 Å². The Balaban J connectivity index is 2.30. The topological polar surface area (TPSA) is 43.8 Å². The average Bonchev–Trinajstić information content (AvgIpc) is 2.74. The Kier molecular flexibility index (Phi) is 2.99. The second kappa shape index (κ2) is 4.67. The standard InChI is InChI=1S/C16H19N3/c1-3-11(9-17)12-4-5-15-13(8-12)14-10-18-7-6-16(14)19(15)2/h4-8,10-11H,3,9,17H2,1-2H3. The summed E-state index contributed by atoms with van der Waals surface area (Å²) >= 11 is 0. The molecule has 0 aliphatic carbocycles. The monoisotopic (exact) mass is 253 g/mol. The lowest BCUT2D eigenvalue weighted by molar-refractivity contribution is 0.675. The number of rotatable bonds is 3. The van der Waals surface area contributed by atoms with Gasteiger partial charge in [0.05, 0.1) is 5.52 Å². The molecule has 0 saturated carbocycles. The fraction of sp³-hybridized carbons (Fsp3) is 0.312. The number of pyridine rings is 1. The second-order valence-electron chi connectivity index (χ2n) is 5.07. The summed E-state index contributed by atoms with van der Waals surface area (Å²) in [6, 6.07) is 8.74. The van der Waals surface area contributed by atoms with Gasteiger partial charge in [-0.1, -0.05) is 13.0 Å². The van der Waals surface area contributed by atoms with Crippen LogP contribution < -0.4 is 5.73 Å². The van der Waals surface area contributed by atoms with E-state index in [9.17, 15) is 0 Å². The molecule has 0 saturated heterocycles. The molecule has 98 valence electrons. The van der Waals surface area contributed by atoms with Crippen LogP contribution in [0.15, 0.2) is 36.7 Å². The van der Waals surface area contributed by atoms with Crippen molar-refractivity contribution in [2.75, 3.05) is 6.54 Å². The molecular formula is C16H19N3. The Bertz CT molecular complexity index is 723. The summed E-state index contributed by atoms with van der Waals surface area (Å²) in [5, 5.41) is 2.49. The molecule has 2 heterocycles. The molecule has 1 unspecified atom stereocenters. The molecule has 2 aromatic heterocycles. The van der Waals surface area contributed by atoms with Crippen LogP contribution in [-0.2, 0) is 7.05 Å². The molecular weight excluding hydrogens is 234 g/mol. The van der Waals surface area contributed by atoms with Crippen molar-refractivity contribution in [1.29, 1.82) is 0 Å². The van der Waals surface area contributed by atoms with Gasteiger partial charge in [-0.3, -0.25) is 4.98 Å². The van der Waals surface area contributed by atoms with Crippen molar-refractivity contribution in [3.05, 3.63) is 42.2 Å². The third kappa shape index (κ3) is 1.81. The first-order valence-electron chi connectivity index (χ1n) is 6.78. The minimum absolute atomic E-state index is 0.441. The van der Waals surface area contributed by atoms with Crippen LogP contribution in [0.1, 0.15) is 24.8 Å². The summed E-state index contributed by atoms with van der Waals surface area (Å²) in [4.78, 5) is 4.25. The van der Waals surface area contributed by atoms with Crippen molar-refractivity contribution in [2.24, 2.45) is 12.8 Å². The number of hydrogen-bond donors (Lipinski definition) is 1. The number of nitrogens with zero attached hydrogens (tertiary/aromatic N) is 2. The van der Waals surface area contributed by atoms with Crippen molar-refractivity contribution < 1.29 is 0 Å². The third-order valence-corrected chi connectivity index (χ3v) is 4.08. The maximum Gasteiger partial charge on any atom is 0.0519 e. The average molecular weight is 253 g/mol. The second-order valence-corrected chi connectivity index (χ2v) is 5.07. The van der Waals surface area contributed by atoms with Crippen molar-refractivity contribution in [3.8, 4) is 0 Å². The van der Waals surface area contributed by atoms with E-state index in [1.165, 1.54) is 27.4 Å². The molecule has 0 spiro atoms. The minimum atomic E-state index is 0.441. The van der Waals surface area contributed by atoms with Gasteiger partial charge in [0, 0.05) is 35.7 Å². The Morgan fingerprint density at radius 2 is 2.00 bits per heavy atom. The van der Waals surface area contributed by atoms with E-state index < -0.39 is 0 Å². The van der Waals surface area contributed by atoms with Crippen molar-refractivity contribution in [1.82, 2.24) is 9.55 Å². The maximum atomic E-state index is 5.86. The number of benzene rings is 1. The molecule has 0 fully saturated rings. The van der Waals surface area contributed by atoms with Crippen molar-refractivity contribution in [3.63, 3.8) is 0 Å². The summed E-state index contributed by atoms with van der Waals surface area (Å²) in [7, 11) is 2.10. The number of nitrogens with two attached hydrogens (primary N) is 1. The first-order valence-corrected chi connectivity index (χ1v) is 6.78. The number of aromatic nitrogens is 2. The lowest BCUT2D eigenvalue weighted by atomic mass is 9.95. The fourth-order valence-electron chi connectivity index (χ4n) is 2.87. The van der Waals surface area contributed by atoms with E-state index in [4.69, 9.17) is 5.73 Å². The van der Waals surface area contributed by atoms with Crippen LogP contribution in [0.5, 0.6) is 0 Å².